The van der Waals surface area contributed by atoms with E-state index in [0.717, 1.165) is 30.4 Å². The van der Waals surface area contributed by atoms with Crippen LogP contribution in [-0.2, 0) is 0 Å². The Bertz CT molecular complexity index is 674. The van der Waals surface area contributed by atoms with Gasteiger partial charge in [0.15, 0.2) is 5.78 Å². The van der Waals surface area contributed by atoms with Crippen molar-refractivity contribution < 1.29 is 9.90 Å². The summed E-state index contributed by atoms with van der Waals surface area (Å²) in [4.78, 5) is 15.1. The van der Waals surface area contributed by atoms with Crippen molar-refractivity contribution in [3.8, 4) is 5.75 Å². The summed E-state index contributed by atoms with van der Waals surface area (Å²) < 4.78 is 0. The van der Waals surface area contributed by atoms with Crippen LogP contribution in [0.3, 0.4) is 0 Å². The Kier molecular flexibility index (Phi) is 4.44. The van der Waals surface area contributed by atoms with Crippen LogP contribution in [0.2, 0.25) is 0 Å². The summed E-state index contributed by atoms with van der Waals surface area (Å²) in [6.07, 6.45) is 3.74. The van der Waals surface area contributed by atoms with E-state index in [2.05, 4.69) is 4.90 Å². The number of phenols is 1. The minimum absolute atomic E-state index is 0.0360. The molecule has 1 aliphatic rings. The average Bonchev–Trinajstić information content (AvgIpc) is 2.56. The molecule has 1 saturated heterocycles. The van der Waals surface area contributed by atoms with Gasteiger partial charge in [-0.2, -0.15) is 0 Å². The highest BCUT2D eigenvalue weighted by atomic mass is 16.3. The lowest BCUT2D eigenvalue weighted by atomic mass is 9.95. The predicted octanol–water partition coefficient (Wildman–Crippen LogP) is 3.85. The molecule has 1 atom stereocenters. The fourth-order valence-electron chi connectivity index (χ4n) is 3.33. The zero-order valence-corrected chi connectivity index (χ0v) is 13.1. The van der Waals surface area contributed by atoms with E-state index in [1.165, 1.54) is 19.3 Å². The van der Waals surface area contributed by atoms with Crippen molar-refractivity contribution in [2.75, 3.05) is 19.6 Å². The van der Waals surface area contributed by atoms with Gasteiger partial charge >= 0.3 is 0 Å². The molecular weight excluding hydrogens is 274 g/mol. The number of carbonyl (C=O) groups is 1. The maximum Gasteiger partial charge on any atom is 0.170 e. The van der Waals surface area contributed by atoms with Crippen molar-refractivity contribution in [1.82, 2.24) is 4.90 Å². The molecule has 0 aliphatic carbocycles. The summed E-state index contributed by atoms with van der Waals surface area (Å²) in [5, 5.41) is 12.1. The Hall–Kier alpha value is -1.87. The Morgan fingerprint density at radius 2 is 1.86 bits per heavy atom. The molecule has 1 fully saturated rings. The van der Waals surface area contributed by atoms with Crippen molar-refractivity contribution in [2.45, 2.75) is 26.2 Å². The standard InChI is InChI=1S/C19H23NO2/c1-14(13-20-11-5-2-6-12-20)18(21)17-10-9-15-7-3-4-8-16(15)19(17)22/h3-4,7-10,14,22H,2,5-6,11-13H2,1H3. The first-order chi connectivity index (χ1) is 10.7. The van der Waals surface area contributed by atoms with Gasteiger partial charge < -0.3 is 10.0 Å². The fraction of sp³-hybridized carbons (Fsp3) is 0.421. The maximum absolute atomic E-state index is 12.7. The number of ketones is 1. The third-order valence-electron chi connectivity index (χ3n) is 4.59. The molecule has 22 heavy (non-hydrogen) atoms. The van der Waals surface area contributed by atoms with Gasteiger partial charge in [-0.1, -0.05) is 43.7 Å². The minimum Gasteiger partial charge on any atom is -0.507 e. The number of hydrogen-bond acceptors (Lipinski definition) is 3. The van der Waals surface area contributed by atoms with Crippen LogP contribution in [0, 0.1) is 5.92 Å². The Labute approximate surface area is 131 Å². The summed E-state index contributed by atoms with van der Waals surface area (Å²) in [5.74, 6) is 0.0626. The van der Waals surface area contributed by atoms with Crippen molar-refractivity contribution in [2.24, 2.45) is 5.92 Å². The zero-order valence-electron chi connectivity index (χ0n) is 13.1. The van der Waals surface area contributed by atoms with E-state index < -0.39 is 0 Å². The molecule has 2 aromatic carbocycles. The Morgan fingerprint density at radius 1 is 1.14 bits per heavy atom. The van der Waals surface area contributed by atoms with Crippen molar-refractivity contribution in [3.05, 3.63) is 42.0 Å². The van der Waals surface area contributed by atoms with Crippen LogP contribution in [0.15, 0.2) is 36.4 Å². The van der Waals surface area contributed by atoms with E-state index in [1.54, 1.807) is 6.07 Å². The van der Waals surface area contributed by atoms with Crippen molar-refractivity contribution >= 4 is 16.6 Å². The molecule has 0 bridgehead atoms. The zero-order chi connectivity index (χ0) is 15.5. The van der Waals surface area contributed by atoms with Gasteiger partial charge in [-0.05, 0) is 37.4 Å². The van der Waals surface area contributed by atoms with Gasteiger partial charge in [0.2, 0.25) is 0 Å². The number of carbonyl (C=O) groups excluding carboxylic acids is 1. The van der Waals surface area contributed by atoms with Crippen molar-refractivity contribution in [1.29, 1.82) is 0 Å². The van der Waals surface area contributed by atoms with E-state index in [9.17, 15) is 9.90 Å². The highest BCUT2D eigenvalue weighted by Gasteiger charge is 2.22. The third kappa shape index (κ3) is 3.00. The van der Waals surface area contributed by atoms with E-state index in [0.29, 0.717) is 5.56 Å². The molecule has 0 radical (unpaired) electrons. The normalized spacial score (nSPS) is 17.5. The number of benzene rings is 2. The lowest BCUT2D eigenvalue weighted by Crippen LogP contribution is -2.35. The largest absolute Gasteiger partial charge is 0.507 e. The van der Waals surface area contributed by atoms with Crippen LogP contribution in [-0.4, -0.2) is 35.4 Å². The van der Waals surface area contributed by atoms with E-state index >= 15 is 0 Å². The summed E-state index contributed by atoms with van der Waals surface area (Å²) in [6, 6.07) is 11.3. The Morgan fingerprint density at radius 3 is 2.64 bits per heavy atom. The van der Waals surface area contributed by atoms with Crippen LogP contribution in [0.25, 0.3) is 10.8 Å². The molecular formula is C19H23NO2. The summed E-state index contributed by atoms with van der Waals surface area (Å²) in [7, 11) is 0. The second-order valence-electron chi connectivity index (χ2n) is 6.31. The lowest BCUT2D eigenvalue weighted by Gasteiger charge is -2.28. The SMILES string of the molecule is CC(CN1CCCCC1)C(=O)c1ccc2ccccc2c1O. The van der Waals surface area contributed by atoms with E-state index in [4.69, 9.17) is 0 Å². The number of fused-ring (bicyclic) bond motifs is 1. The molecule has 2 aromatic rings. The summed E-state index contributed by atoms with van der Waals surface area (Å²) >= 11 is 0. The van der Waals surface area contributed by atoms with Gasteiger partial charge in [-0.15, -0.1) is 0 Å². The minimum atomic E-state index is -0.0924. The molecule has 0 amide bonds. The molecule has 1 aliphatic heterocycles. The summed E-state index contributed by atoms with van der Waals surface area (Å²) in [5.41, 5.74) is 0.447. The number of Topliss-reactive ketones (excluding diaryl/α,β-unsaturated/α-hetero) is 1. The van der Waals surface area contributed by atoms with E-state index in [-0.39, 0.29) is 17.5 Å². The molecule has 3 nitrogen and oxygen atoms in total. The highest BCUT2D eigenvalue weighted by molar-refractivity contribution is 6.05. The molecule has 116 valence electrons. The van der Waals surface area contributed by atoms with Crippen LogP contribution in [0.1, 0.15) is 36.5 Å². The van der Waals surface area contributed by atoms with Gasteiger partial charge in [0.25, 0.3) is 0 Å². The number of phenolic OH excluding ortho intramolecular Hbond substituents is 1. The Balaban J connectivity index is 1.80. The number of piperidine rings is 1. The van der Waals surface area contributed by atoms with Gasteiger partial charge in [-0.25, -0.2) is 0 Å². The first-order valence-electron chi connectivity index (χ1n) is 8.14. The van der Waals surface area contributed by atoms with E-state index in [1.807, 2.05) is 37.3 Å². The number of nitrogens with zero attached hydrogens (tertiary/aromatic N) is 1. The van der Waals surface area contributed by atoms with Crippen LogP contribution in [0.4, 0.5) is 0 Å². The second kappa shape index (κ2) is 6.49. The maximum atomic E-state index is 12.7. The highest BCUT2D eigenvalue weighted by Crippen LogP contribution is 2.30. The molecule has 1 heterocycles. The van der Waals surface area contributed by atoms with Gasteiger partial charge in [0.05, 0.1) is 5.56 Å². The van der Waals surface area contributed by atoms with Crippen LogP contribution in [0.5, 0.6) is 5.75 Å². The van der Waals surface area contributed by atoms with Crippen LogP contribution < -0.4 is 0 Å². The second-order valence-corrected chi connectivity index (χ2v) is 6.31. The first kappa shape index (κ1) is 15.0. The number of hydrogen-bond donors (Lipinski definition) is 1. The summed E-state index contributed by atoms with van der Waals surface area (Å²) in [6.45, 7) is 4.92. The number of likely N-dealkylation sites (tertiary alicyclic amines) is 1. The first-order valence-corrected chi connectivity index (χ1v) is 8.14. The van der Waals surface area contributed by atoms with Gasteiger partial charge in [0, 0.05) is 17.8 Å². The average molecular weight is 297 g/mol. The van der Waals surface area contributed by atoms with Gasteiger partial charge in [-0.3, -0.25) is 4.79 Å². The number of rotatable bonds is 4. The third-order valence-corrected chi connectivity index (χ3v) is 4.59. The molecule has 0 aromatic heterocycles. The van der Waals surface area contributed by atoms with Gasteiger partial charge in [0.1, 0.15) is 5.75 Å². The molecule has 1 N–H and O–H groups in total. The quantitative estimate of drug-likeness (QED) is 0.871. The topological polar surface area (TPSA) is 40.5 Å². The smallest absolute Gasteiger partial charge is 0.170 e. The van der Waals surface area contributed by atoms with Crippen LogP contribution >= 0.6 is 0 Å². The predicted molar refractivity (Wildman–Crippen MR) is 89.4 cm³/mol. The lowest BCUT2D eigenvalue weighted by molar-refractivity contribution is 0.0881. The molecule has 3 rings (SSSR count). The fourth-order valence-corrected chi connectivity index (χ4v) is 3.33. The number of aromatic hydroxyl groups is 1. The molecule has 1 unspecified atom stereocenters. The molecule has 3 heteroatoms. The van der Waals surface area contributed by atoms with Crippen molar-refractivity contribution in [3.63, 3.8) is 0 Å². The molecule has 0 saturated carbocycles. The molecule has 0 spiro atoms. The monoisotopic (exact) mass is 297 g/mol.